The summed E-state index contributed by atoms with van der Waals surface area (Å²) in [6.45, 7) is 5.92. The predicted octanol–water partition coefficient (Wildman–Crippen LogP) is 3.43. The summed E-state index contributed by atoms with van der Waals surface area (Å²) in [5.41, 5.74) is -3.90. The maximum atomic E-state index is 13.4. The van der Waals surface area contributed by atoms with Gasteiger partial charge in [0.2, 0.25) is 11.8 Å². The molecule has 1 aromatic rings. The molecular formula is C21H21F3N2O4. The van der Waals surface area contributed by atoms with E-state index < -0.39 is 52.2 Å². The van der Waals surface area contributed by atoms with Crippen molar-refractivity contribution in [2.24, 2.45) is 11.8 Å². The number of ether oxygens (including phenoxy) is 2. The van der Waals surface area contributed by atoms with Crippen molar-refractivity contribution >= 4 is 17.5 Å². The van der Waals surface area contributed by atoms with Gasteiger partial charge in [-0.15, -0.1) is 0 Å². The number of amides is 2. The first kappa shape index (κ1) is 20.8. The molecule has 3 heterocycles. The molecule has 3 fully saturated rings. The molecule has 0 unspecified atom stereocenters. The molecule has 9 heteroatoms. The van der Waals surface area contributed by atoms with Gasteiger partial charge in [0.1, 0.15) is 5.60 Å². The van der Waals surface area contributed by atoms with Gasteiger partial charge in [-0.05, 0) is 38.5 Å². The van der Waals surface area contributed by atoms with Gasteiger partial charge in [-0.2, -0.15) is 18.4 Å². The summed E-state index contributed by atoms with van der Waals surface area (Å²) >= 11 is 0. The molecule has 0 aliphatic carbocycles. The number of halogens is 3. The number of nitrogens with zero attached hydrogens (tertiary/aromatic N) is 2. The lowest BCUT2D eigenvalue weighted by molar-refractivity contribution is -0.138. The van der Waals surface area contributed by atoms with E-state index in [9.17, 15) is 22.8 Å². The highest BCUT2D eigenvalue weighted by Crippen LogP contribution is 2.61. The number of imide groups is 1. The third-order valence-electron chi connectivity index (χ3n) is 6.48. The average Bonchev–Trinajstić information content (AvgIpc) is 3.19. The molecule has 2 bridgehead atoms. The van der Waals surface area contributed by atoms with Crippen molar-refractivity contribution in [3.05, 3.63) is 29.3 Å². The molecule has 0 saturated carbocycles. The van der Waals surface area contributed by atoms with Crippen LogP contribution in [0.5, 0.6) is 0 Å². The number of carbonyl (C=O) groups is 2. The predicted molar refractivity (Wildman–Crippen MR) is 98.2 cm³/mol. The lowest BCUT2D eigenvalue weighted by Crippen LogP contribution is -2.50. The van der Waals surface area contributed by atoms with E-state index in [1.54, 1.807) is 13.8 Å². The van der Waals surface area contributed by atoms with E-state index in [1.807, 2.05) is 6.92 Å². The van der Waals surface area contributed by atoms with Gasteiger partial charge in [0.25, 0.3) is 0 Å². The van der Waals surface area contributed by atoms with Gasteiger partial charge in [-0.1, -0.05) is 6.92 Å². The zero-order valence-electron chi connectivity index (χ0n) is 16.7. The molecule has 3 saturated heterocycles. The fourth-order valence-corrected chi connectivity index (χ4v) is 5.24. The van der Waals surface area contributed by atoms with E-state index in [2.05, 4.69) is 0 Å². The second-order valence-electron chi connectivity index (χ2n) is 8.47. The molecule has 160 valence electrons. The number of hydrogen-bond donors (Lipinski definition) is 0. The van der Waals surface area contributed by atoms with Crippen molar-refractivity contribution in [2.75, 3.05) is 11.5 Å². The highest BCUT2D eigenvalue weighted by molar-refractivity contribution is 6.23. The van der Waals surface area contributed by atoms with Crippen LogP contribution in [0.2, 0.25) is 0 Å². The van der Waals surface area contributed by atoms with Gasteiger partial charge in [-0.25, -0.2) is 4.90 Å². The van der Waals surface area contributed by atoms with Crippen molar-refractivity contribution in [3.63, 3.8) is 0 Å². The van der Waals surface area contributed by atoms with Crippen LogP contribution in [0.15, 0.2) is 18.2 Å². The van der Waals surface area contributed by atoms with Crippen molar-refractivity contribution in [1.82, 2.24) is 0 Å². The average molecular weight is 422 g/mol. The molecule has 0 N–H and O–H groups in total. The zero-order valence-corrected chi connectivity index (χ0v) is 16.7. The van der Waals surface area contributed by atoms with Crippen molar-refractivity contribution in [2.45, 2.75) is 57.1 Å². The van der Waals surface area contributed by atoms with E-state index in [0.29, 0.717) is 19.1 Å². The minimum Gasteiger partial charge on any atom is -0.375 e. The number of nitriles is 1. The van der Waals surface area contributed by atoms with Crippen LogP contribution in [-0.4, -0.2) is 35.7 Å². The molecule has 1 aromatic carbocycles. The Balaban J connectivity index is 1.74. The van der Waals surface area contributed by atoms with Crippen LogP contribution >= 0.6 is 0 Å². The largest absolute Gasteiger partial charge is 0.417 e. The summed E-state index contributed by atoms with van der Waals surface area (Å²) < 4.78 is 52.2. The molecule has 3 aliphatic heterocycles. The van der Waals surface area contributed by atoms with Crippen LogP contribution in [-0.2, 0) is 25.2 Å². The van der Waals surface area contributed by atoms with Gasteiger partial charge in [0, 0.05) is 13.0 Å². The number of hydrogen-bond acceptors (Lipinski definition) is 5. The van der Waals surface area contributed by atoms with Crippen molar-refractivity contribution < 1.29 is 32.2 Å². The Morgan fingerprint density at radius 2 is 1.93 bits per heavy atom. The van der Waals surface area contributed by atoms with Crippen molar-refractivity contribution in [3.8, 4) is 6.07 Å². The third kappa shape index (κ3) is 2.70. The van der Waals surface area contributed by atoms with Gasteiger partial charge in [0.15, 0.2) is 0 Å². The highest BCUT2D eigenvalue weighted by atomic mass is 19.4. The summed E-state index contributed by atoms with van der Waals surface area (Å²) in [5, 5.41) is 8.99. The quantitative estimate of drug-likeness (QED) is 0.695. The first-order chi connectivity index (χ1) is 14.0. The number of benzene rings is 1. The Hall–Kier alpha value is -2.44. The fraction of sp³-hybridized carbons (Fsp3) is 0.571. The smallest absolute Gasteiger partial charge is 0.375 e. The lowest BCUT2D eigenvalue weighted by Gasteiger charge is -2.35. The summed E-state index contributed by atoms with van der Waals surface area (Å²) in [5.74, 6) is -2.81. The second-order valence-corrected chi connectivity index (χ2v) is 8.47. The highest BCUT2D eigenvalue weighted by Gasteiger charge is 2.76. The molecule has 0 aromatic heterocycles. The number of rotatable bonds is 4. The van der Waals surface area contributed by atoms with Crippen LogP contribution < -0.4 is 4.90 Å². The molecule has 4 rings (SSSR count). The molecule has 6 nitrogen and oxygen atoms in total. The lowest BCUT2D eigenvalue weighted by atomic mass is 9.67. The summed E-state index contributed by atoms with van der Waals surface area (Å²) in [6.07, 6.45) is -3.96. The zero-order chi connectivity index (χ0) is 22.1. The van der Waals surface area contributed by atoms with Crippen LogP contribution in [0.1, 0.15) is 44.7 Å². The topological polar surface area (TPSA) is 79.6 Å². The Kier molecular flexibility index (Phi) is 4.53. The summed E-state index contributed by atoms with van der Waals surface area (Å²) in [4.78, 5) is 27.3. The SMILES string of the molecule is CCCO[C@H]1C[C@]2(C)O[C@@]1(C)[C@H]1C(=O)N(c3ccc(C#N)c(C(F)(F)F)c3)C(=O)[C@H]12. The normalized spacial score (nSPS) is 35.1. The number of anilines is 1. The van der Waals surface area contributed by atoms with Crippen LogP contribution in [0.4, 0.5) is 18.9 Å². The molecule has 3 aliphatic rings. The Morgan fingerprint density at radius 3 is 2.53 bits per heavy atom. The minimum absolute atomic E-state index is 0.191. The molecule has 0 radical (unpaired) electrons. The Morgan fingerprint density at radius 1 is 1.27 bits per heavy atom. The van der Waals surface area contributed by atoms with E-state index in [-0.39, 0.29) is 11.8 Å². The molecule has 5 atom stereocenters. The monoisotopic (exact) mass is 422 g/mol. The van der Waals surface area contributed by atoms with E-state index in [4.69, 9.17) is 14.7 Å². The van der Waals surface area contributed by atoms with E-state index in [1.165, 1.54) is 12.1 Å². The maximum absolute atomic E-state index is 13.4. The van der Waals surface area contributed by atoms with Gasteiger partial charge < -0.3 is 9.47 Å². The Bertz CT molecular complexity index is 972. The summed E-state index contributed by atoms with van der Waals surface area (Å²) in [6, 6.07) is 4.37. The van der Waals surface area contributed by atoms with Gasteiger partial charge in [-0.3, -0.25) is 9.59 Å². The molecule has 2 amide bonds. The molecule has 0 spiro atoms. The number of fused-ring (bicyclic) bond motifs is 5. The van der Waals surface area contributed by atoms with Gasteiger partial charge >= 0.3 is 6.18 Å². The van der Waals surface area contributed by atoms with Crippen LogP contribution in [0.25, 0.3) is 0 Å². The standard InChI is InChI=1S/C21H21F3N2O4/c1-4-7-29-14-9-19(2)15-16(20(14,3)30-19)18(28)26(17(15)27)12-6-5-11(10-25)13(8-12)21(22,23)24/h5-6,8,14-16H,4,7,9H2,1-3H3/t14-,15-,16+,19-,20+/m0/s1. The van der Waals surface area contributed by atoms with Crippen molar-refractivity contribution in [1.29, 1.82) is 5.26 Å². The van der Waals surface area contributed by atoms with Crippen LogP contribution in [0, 0.1) is 23.2 Å². The van der Waals surface area contributed by atoms with E-state index >= 15 is 0 Å². The number of carbonyl (C=O) groups excluding carboxylic acids is 2. The van der Waals surface area contributed by atoms with E-state index in [0.717, 1.165) is 17.4 Å². The first-order valence-corrected chi connectivity index (χ1v) is 9.79. The Labute approximate surface area is 171 Å². The minimum atomic E-state index is -4.79. The molecular weight excluding hydrogens is 401 g/mol. The maximum Gasteiger partial charge on any atom is 0.417 e. The molecule has 30 heavy (non-hydrogen) atoms. The number of alkyl halides is 3. The second kappa shape index (κ2) is 6.53. The van der Waals surface area contributed by atoms with Crippen LogP contribution in [0.3, 0.4) is 0 Å². The summed E-state index contributed by atoms with van der Waals surface area (Å²) in [7, 11) is 0. The fourth-order valence-electron chi connectivity index (χ4n) is 5.24. The first-order valence-electron chi connectivity index (χ1n) is 9.79. The van der Waals surface area contributed by atoms with Gasteiger partial charge in [0.05, 0.1) is 46.4 Å². The third-order valence-corrected chi connectivity index (χ3v) is 6.48.